The monoisotopic (exact) mass is 399 g/mol. The third-order valence-electron chi connectivity index (χ3n) is 5.07. The third-order valence-corrected chi connectivity index (χ3v) is 6.21. The second-order valence-electron chi connectivity index (χ2n) is 7.09. The van der Waals surface area contributed by atoms with Gasteiger partial charge in [-0.1, -0.05) is 30.8 Å². The number of fused-ring (bicyclic) bond motifs is 2. The molecule has 0 aliphatic carbocycles. The summed E-state index contributed by atoms with van der Waals surface area (Å²) >= 11 is 1.66. The first-order chi connectivity index (χ1) is 13.7. The quantitative estimate of drug-likeness (QED) is 0.696. The lowest BCUT2D eigenvalue weighted by molar-refractivity contribution is 0.0892. The predicted molar refractivity (Wildman–Crippen MR) is 112 cm³/mol. The number of hydrogen-bond acceptors (Lipinski definition) is 5. The Labute approximate surface area is 170 Å². The van der Waals surface area contributed by atoms with Crippen LogP contribution in [0, 0.1) is 5.82 Å². The van der Waals surface area contributed by atoms with Gasteiger partial charge in [0, 0.05) is 54.7 Å². The first kappa shape index (κ1) is 19.4. The highest BCUT2D eigenvalue weighted by Gasteiger charge is 2.25. The zero-order chi connectivity index (χ0) is 19.3. The summed E-state index contributed by atoms with van der Waals surface area (Å²) in [5.74, 6) is 0.665. The number of aliphatic imine (C=N–C) groups is 1. The van der Waals surface area contributed by atoms with Crippen LogP contribution in [0.1, 0.15) is 18.9 Å². The standard InChI is InChI=1S/C22H26FN3OS/c1-2-14-27-15-13-25-9-11-26(12-10-25)22-18-16-17(23)7-8-20(18)28-21-6-4-3-5-19(21)24-22/h3-8,16H,2,9-15H2,1H3. The van der Waals surface area contributed by atoms with Gasteiger partial charge < -0.3 is 9.64 Å². The number of nitrogens with zero attached hydrogens (tertiary/aromatic N) is 3. The molecule has 2 aliphatic heterocycles. The molecule has 0 amide bonds. The average Bonchev–Trinajstić information content (AvgIpc) is 2.88. The lowest BCUT2D eigenvalue weighted by Crippen LogP contribution is -2.49. The van der Waals surface area contributed by atoms with E-state index in [2.05, 4.69) is 22.8 Å². The molecular formula is C22H26FN3OS. The minimum absolute atomic E-state index is 0.218. The fourth-order valence-corrected chi connectivity index (χ4v) is 4.56. The van der Waals surface area contributed by atoms with Gasteiger partial charge in [-0.15, -0.1) is 0 Å². The molecular weight excluding hydrogens is 373 g/mol. The second kappa shape index (κ2) is 9.07. The lowest BCUT2D eigenvalue weighted by atomic mass is 10.1. The molecule has 2 aromatic rings. The van der Waals surface area contributed by atoms with Crippen molar-refractivity contribution < 1.29 is 9.13 Å². The number of benzene rings is 2. The Morgan fingerprint density at radius 1 is 1.04 bits per heavy atom. The Bertz CT molecular complexity index is 849. The van der Waals surface area contributed by atoms with Gasteiger partial charge in [-0.2, -0.15) is 0 Å². The summed E-state index contributed by atoms with van der Waals surface area (Å²) in [5.41, 5.74) is 1.84. The first-order valence-corrected chi connectivity index (χ1v) is 10.8. The number of amidine groups is 1. The van der Waals surface area contributed by atoms with E-state index < -0.39 is 0 Å². The highest BCUT2D eigenvalue weighted by atomic mass is 32.2. The maximum absolute atomic E-state index is 14.1. The number of piperazine rings is 1. The van der Waals surface area contributed by atoms with Gasteiger partial charge in [0.1, 0.15) is 11.7 Å². The van der Waals surface area contributed by atoms with E-state index >= 15 is 0 Å². The van der Waals surface area contributed by atoms with Crippen LogP contribution in [0.2, 0.25) is 0 Å². The average molecular weight is 400 g/mol. The number of hydrogen-bond donors (Lipinski definition) is 0. The van der Waals surface area contributed by atoms with E-state index in [1.54, 1.807) is 17.8 Å². The summed E-state index contributed by atoms with van der Waals surface area (Å²) in [6.45, 7) is 8.41. The smallest absolute Gasteiger partial charge is 0.137 e. The lowest BCUT2D eigenvalue weighted by Gasteiger charge is -2.36. The largest absolute Gasteiger partial charge is 0.380 e. The summed E-state index contributed by atoms with van der Waals surface area (Å²) in [4.78, 5) is 11.9. The van der Waals surface area contributed by atoms with Gasteiger partial charge in [0.2, 0.25) is 0 Å². The highest BCUT2D eigenvalue weighted by Crippen LogP contribution is 2.40. The summed E-state index contributed by atoms with van der Waals surface area (Å²) in [5, 5.41) is 0. The number of para-hydroxylation sites is 1. The van der Waals surface area contributed by atoms with Crippen LogP contribution in [0.15, 0.2) is 57.2 Å². The molecule has 2 aliphatic rings. The van der Waals surface area contributed by atoms with E-state index in [1.165, 1.54) is 6.07 Å². The predicted octanol–water partition coefficient (Wildman–Crippen LogP) is 4.41. The second-order valence-corrected chi connectivity index (χ2v) is 8.17. The Morgan fingerprint density at radius 3 is 2.68 bits per heavy atom. The van der Waals surface area contributed by atoms with Crippen molar-refractivity contribution in [3.05, 3.63) is 53.8 Å². The number of halogens is 1. The molecule has 0 unspecified atom stereocenters. The van der Waals surface area contributed by atoms with Crippen LogP contribution in [-0.4, -0.2) is 61.6 Å². The van der Waals surface area contributed by atoms with Gasteiger partial charge >= 0.3 is 0 Å². The molecule has 1 saturated heterocycles. The van der Waals surface area contributed by atoms with E-state index in [1.807, 2.05) is 24.3 Å². The van der Waals surface area contributed by atoms with E-state index in [0.29, 0.717) is 0 Å². The Hall–Kier alpha value is -1.89. The van der Waals surface area contributed by atoms with Crippen molar-refractivity contribution in [2.45, 2.75) is 23.1 Å². The number of rotatable bonds is 5. The fraction of sp³-hybridized carbons (Fsp3) is 0.409. The van der Waals surface area contributed by atoms with Crippen LogP contribution in [-0.2, 0) is 4.74 Å². The molecule has 1 fully saturated rings. The van der Waals surface area contributed by atoms with Gasteiger partial charge in [0.15, 0.2) is 0 Å². The van der Waals surface area contributed by atoms with Crippen molar-refractivity contribution >= 4 is 23.3 Å². The molecule has 28 heavy (non-hydrogen) atoms. The van der Waals surface area contributed by atoms with Gasteiger partial charge in [-0.3, -0.25) is 4.90 Å². The Morgan fingerprint density at radius 2 is 1.86 bits per heavy atom. The van der Waals surface area contributed by atoms with Crippen LogP contribution < -0.4 is 0 Å². The van der Waals surface area contributed by atoms with Crippen LogP contribution in [0.3, 0.4) is 0 Å². The van der Waals surface area contributed by atoms with Crippen molar-refractivity contribution in [1.82, 2.24) is 9.80 Å². The fourth-order valence-electron chi connectivity index (χ4n) is 3.56. The zero-order valence-corrected chi connectivity index (χ0v) is 17.1. The van der Waals surface area contributed by atoms with Crippen molar-refractivity contribution in [3.8, 4) is 0 Å². The molecule has 4 nitrogen and oxygen atoms in total. The molecule has 4 rings (SSSR count). The summed E-state index contributed by atoms with van der Waals surface area (Å²) < 4.78 is 19.7. The van der Waals surface area contributed by atoms with E-state index in [4.69, 9.17) is 9.73 Å². The van der Waals surface area contributed by atoms with Gasteiger partial charge in [0.05, 0.1) is 12.3 Å². The number of ether oxygens (including phenoxy) is 1. The molecule has 0 atom stereocenters. The maximum atomic E-state index is 14.1. The van der Waals surface area contributed by atoms with Crippen LogP contribution in [0.25, 0.3) is 0 Å². The highest BCUT2D eigenvalue weighted by molar-refractivity contribution is 7.99. The molecule has 0 N–H and O–H groups in total. The molecule has 0 aromatic heterocycles. The Balaban J connectivity index is 1.54. The molecule has 148 valence electrons. The molecule has 2 heterocycles. The molecule has 0 saturated carbocycles. The van der Waals surface area contributed by atoms with Crippen LogP contribution in [0.5, 0.6) is 0 Å². The normalized spacial score (nSPS) is 16.9. The van der Waals surface area contributed by atoms with E-state index in [-0.39, 0.29) is 5.82 Å². The molecule has 2 aromatic carbocycles. The minimum Gasteiger partial charge on any atom is -0.380 e. The van der Waals surface area contributed by atoms with Crippen molar-refractivity contribution in [1.29, 1.82) is 0 Å². The molecule has 0 bridgehead atoms. The summed E-state index contributed by atoms with van der Waals surface area (Å²) in [7, 11) is 0. The summed E-state index contributed by atoms with van der Waals surface area (Å²) in [6, 6.07) is 13.2. The molecule has 0 radical (unpaired) electrons. The van der Waals surface area contributed by atoms with Gasteiger partial charge in [0.25, 0.3) is 0 Å². The minimum atomic E-state index is -0.218. The van der Waals surface area contributed by atoms with Gasteiger partial charge in [-0.25, -0.2) is 9.38 Å². The maximum Gasteiger partial charge on any atom is 0.137 e. The molecule has 0 spiro atoms. The first-order valence-electron chi connectivity index (χ1n) is 9.95. The van der Waals surface area contributed by atoms with E-state index in [9.17, 15) is 4.39 Å². The molecule has 6 heteroatoms. The van der Waals surface area contributed by atoms with Crippen molar-refractivity contribution in [2.24, 2.45) is 4.99 Å². The summed E-state index contributed by atoms with van der Waals surface area (Å²) in [6.07, 6.45) is 1.06. The van der Waals surface area contributed by atoms with Crippen molar-refractivity contribution in [3.63, 3.8) is 0 Å². The van der Waals surface area contributed by atoms with Crippen LogP contribution in [0.4, 0.5) is 10.1 Å². The van der Waals surface area contributed by atoms with Crippen LogP contribution >= 0.6 is 11.8 Å². The zero-order valence-electron chi connectivity index (χ0n) is 16.2. The van der Waals surface area contributed by atoms with Gasteiger partial charge in [-0.05, 0) is 36.8 Å². The topological polar surface area (TPSA) is 28.1 Å². The van der Waals surface area contributed by atoms with E-state index in [0.717, 1.165) is 79.2 Å². The third kappa shape index (κ3) is 4.40. The van der Waals surface area contributed by atoms with Crippen molar-refractivity contribution in [2.75, 3.05) is 45.9 Å². The SMILES string of the molecule is CCCOCCN1CCN(C2=Nc3ccccc3Sc3ccc(F)cc32)CC1. The Kier molecular flexibility index (Phi) is 6.29.